The Kier molecular flexibility index (Phi) is 4.46. The van der Waals surface area contributed by atoms with E-state index in [1.165, 1.54) is 14.0 Å². The molecule has 3 nitrogen and oxygen atoms in total. The van der Waals surface area contributed by atoms with Crippen LogP contribution in [0, 0.1) is 29.1 Å². The van der Waals surface area contributed by atoms with Crippen molar-refractivity contribution in [1.82, 2.24) is 4.90 Å². The summed E-state index contributed by atoms with van der Waals surface area (Å²) < 4.78 is 65.3. The van der Waals surface area contributed by atoms with Crippen molar-refractivity contribution in [1.29, 1.82) is 0 Å². The fourth-order valence-corrected chi connectivity index (χ4v) is 1.36. The van der Waals surface area contributed by atoms with Gasteiger partial charge >= 0.3 is 5.97 Å². The Morgan fingerprint density at radius 1 is 1.05 bits per heavy atom. The average Bonchev–Trinajstić information content (AvgIpc) is 2.37. The Balaban J connectivity index is 3.19. The number of nitrogens with zero attached hydrogens (tertiary/aromatic N) is 1. The van der Waals surface area contributed by atoms with E-state index >= 15 is 0 Å². The summed E-state index contributed by atoms with van der Waals surface area (Å²) in [4.78, 5) is 11.6. The van der Waals surface area contributed by atoms with Gasteiger partial charge in [0.25, 0.3) is 0 Å². The Bertz CT molecular complexity index is 491. The minimum Gasteiger partial charge on any atom is -0.480 e. The van der Waals surface area contributed by atoms with Gasteiger partial charge in [-0.05, 0) is 14.0 Å². The van der Waals surface area contributed by atoms with Crippen molar-refractivity contribution in [2.75, 3.05) is 7.05 Å². The lowest BCUT2D eigenvalue weighted by Gasteiger charge is -2.21. The van der Waals surface area contributed by atoms with Crippen molar-refractivity contribution in [3.8, 4) is 0 Å². The summed E-state index contributed by atoms with van der Waals surface area (Å²) in [6, 6.07) is -1.14. The lowest BCUT2D eigenvalue weighted by atomic mass is 10.1. The molecule has 0 saturated carbocycles. The molecular formula is C11H10F5NO2. The largest absolute Gasteiger partial charge is 0.480 e. The third-order valence-electron chi connectivity index (χ3n) is 2.73. The zero-order chi connectivity index (χ0) is 14.9. The molecule has 1 rings (SSSR count). The molecule has 0 aliphatic rings. The number of carboxylic acids is 1. The van der Waals surface area contributed by atoms with E-state index in [9.17, 15) is 26.7 Å². The van der Waals surface area contributed by atoms with Gasteiger partial charge in [-0.25, -0.2) is 22.0 Å². The van der Waals surface area contributed by atoms with Crippen LogP contribution in [-0.2, 0) is 11.3 Å². The number of halogens is 5. The quantitative estimate of drug-likeness (QED) is 0.523. The molecule has 8 heteroatoms. The van der Waals surface area contributed by atoms with Crippen molar-refractivity contribution in [3.05, 3.63) is 34.6 Å². The summed E-state index contributed by atoms with van der Waals surface area (Å²) in [6.07, 6.45) is 0. The molecule has 1 aromatic rings. The van der Waals surface area contributed by atoms with Crippen LogP contribution in [0.5, 0.6) is 0 Å². The van der Waals surface area contributed by atoms with Crippen molar-refractivity contribution in [2.45, 2.75) is 19.5 Å². The maximum absolute atomic E-state index is 13.3. The molecule has 0 saturated heterocycles. The van der Waals surface area contributed by atoms with Gasteiger partial charge in [0, 0.05) is 12.1 Å². The second-order valence-corrected chi connectivity index (χ2v) is 3.98. The summed E-state index contributed by atoms with van der Waals surface area (Å²) in [5, 5.41) is 8.69. The van der Waals surface area contributed by atoms with E-state index in [4.69, 9.17) is 5.11 Å². The smallest absolute Gasteiger partial charge is 0.320 e. The molecule has 1 N–H and O–H groups in total. The fraction of sp³-hybridized carbons (Fsp3) is 0.364. The standard InChI is InChI=1S/C11H10F5NO2/c1-4(11(18)19)17(2)3-5-6(12)8(14)10(16)9(15)7(5)13/h4H,3H2,1-2H3,(H,18,19). The molecule has 0 bridgehead atoms. The third kappa shape index (κ3) is 2.83. The molecule has 0 aliphatic heterocycles. The highest BCUT2D eigenvalue weighted by molar-refractivity contribution is 5.72. The van der Waals surface area contributed by atoms with E-state index in [1.54, 1.807) is 0 Å². The minimum absolute atomic E-state index is 0.723. The zero-order valence-electron chi connectivity index (χ0n) is 9.98. The maximum atomic E-state index is 13.3. The van der Waals surface area contributed by atoms with Crippen LogP contribution in [0.3, 0.4) is 0 Å². The summed E-state index contributed by atoms with van der Waals surface area (Å²) in [5.74, 6) is -11.5. The highest BCUT2D eigenvalue weighted by Gasteiger charge is 2.27. The van der Waals surface area contributed by atoms with Gasteiger partial charge in [-0.1, -0.05) is 0 Å². The van der Waals surface area contributed by atoms with Crippen LogP contribution in [0.25, 0.3) is 0 Å². The average molecular weight is 283 g/mol. The molecule has 0 fully saturated rings. The Morgan fingerprint density at radius 2 is 1.42 bits per heavy atom. The van der Waals surface area contributed by atoms with E-state index in [0.29, 0.717) is 0 Å². The van der Waals surface area contributed by atoms with E-state index in [-0.39, 0.29) is 0 Å². The number of carbonyl (C=O) groups is 1. The number of aliphatic carboxylic acids is 1. The van der Waals surface area contributed by atoms with E-state index in [1.807, 2.05) is 0 Å². The summed E-state index contributed by atoms with van der Waals surface area (Å²) in [6.45, 7) is 0.494. The molecule has 0 aliphatic carbocycles. The Morgan fingerprint density at radius 3 is 1.79 bits per heavy atom. The maximum Gasteiger partial charge on any atom is 0.320 e. The minimum atomic E-state index is -2.24. The van der Waals surface area contributed by atoms with Crippen LogP contribution in [0.15, 0.2) is 0 Å². The number of rotatable bonds is 4. The number of benzene rings is 1. The first-order valence-corrected chi connectivity index (χ1v) is 5.11. The van der Waals surface area contributed by atoms with Gasteiger partial charge in [-0.2, -0.15) is 0 Å². The highest BCUT2D eigenvalue weighted by Crippen LogP contribution is 2.24. The SMILES string of the molecule is CC(C(=O)O)N(C)Cc1c(F)c(F)c(F)c(F)c1F. The van der Waals surface area contributed by atoms with Crippen LogP contribution in [0.2, 0.25) is 0 Å². The normalized spacial score (nSPS) is 12.8. The second-order valence-electron chi connectivity index (χ2n) is 3.98. The van der Waals surface area contributed by atoms with Gasteiger partial charge < -0.3 is 5.11 Å². The van der Waals surface area contributed by atoms with Crippen LogP contribution in [-0.4, -0.2) is 29.1 Å². The second kappa shape index (κ2) is 5.52. The number of likely N-dealkylation sites (N-methyl/N-ethyl adjacent to an activating group) is 1. The third-order valence-corrected chi connectivity index (χ3v) is 2.73. The van der Waals surface area contributed by atoms with Gasteiger partial charge in [0.1, 0.15) is 6.04 Å². The number of hydrogen-bond acceptors (Lipinski definition) is 2. The lowest BCUT2D eigenvalue weighted by molar-refractivity contribution is -0.142. The van der Waals surface area contributed by atoms with E-state index < -0.39 is 53.2 Å². The summed E-state index contributed by atoms with van der Waals surface area (Å²) in [5.41, 5.74) is -1.06. The van der Waals surface area contributed by atoms with E-state index in [2.05, 4.69) is 0 Å². The topological polar surface area (TPSA) is 40.5 Å². The number of carboxylic acid groups (broad SMARTS) is 1. The van der Waals surface area contributed by atoms with Crippen molar-refractivity contribution < 1.29 is 31.9 Å². The molecule has 1 unspecified atom stereocenters. The first kappa shape index (κ1) is 15.4. The van der Waals surface area contributed by atoms with Crippen LogP contribution >= 0.6 is 0 Å². The van der Waals surface area contributed by atoms with Gasteiger partial charge in [0.05, 0.1) is 0 Å². The molecule has 0 spiro atoms. The van der Waals surface area contributed by atoms with Gasteiger partial charge in [0.2, 0.25) is 5.82 Å². The van der Waals surface area contributed by atoms with Crippen LogP contribution in [0.4, 0.5) is 22.0 Å². The van der Waals surface area contributed by atoms with Gasteiger partial charge in [-0.3, -0.25) is 9.69 Å². The highest BCUT2D eigenvalue weighted by atomic mass is 19.2. The molecule has 1 atom stereocenters. The Hall–Kier alpha value is -1.70. The van der Waals surface area contributed by atoms with E-state index in [0.717, 1.165) is 4.90 Å². The van der Waals surface area contributed by atoms with Crippen molar-refractivity contribution in [2.24, 2.45) is 0 Å². The molecule has 0 amide bonds. The van der Waals surface area contributed by atoms with Crippen LogP contribution < -0.4 is 0 Å². The number of hydrogen-bond donors (Lipinski definition) is 1. The summed E-state index contributed by atoms with van der Waals surface area (Å²) in [7, 11) is 1.19. The van der Waals surface area contributed by atoms with Crippen LogP contribution in [0.1, 0.15) is 12.5 Å². The van der Waals surface area contributed by atoms with Gasteiger partial charge in [0.15, 0.2) is 23.3 Å². The molecule has 0 aromatic heterocycles. The molecular weight excluding hydrogens is 273 g/mol. The Labute approximate surface area is 105 Å². The molecule has 19 heavy (non-hydrogen) atoms. The summed E-state index contributed by atoms with van der Waals surface area (Å²) >= 11 is 0. The van der Waals surface area contributed by atoms with Crippen molar-refractivity contribution in [3.63, 3.8) is 0 Å². The predicted molar refractivity (Wildman–Crippen MR) is 54.8 cm³/mol. The molecule has 106 valence electrons. The monoisotopic (exact) mass is 283 g/mol. The molecule has 0 heterocycles. The first-order valence-electron chi connectivity index (χ1n) is 5.11. The first-order chi connectivity index (χ1) is 8.68. The van der Waals surface area contributed by atoms with Gasteiger partial charge in [-0.15, -0.1) is 0 Å². The predicted octanol–water partition coefficient (Wildman–Crippen LogP) is 2.29. The molecule has 0 radical (unpaired) electrons. The fourth-order valence-electron chi connectivity index (χ4n) is 1.36. The lowest BCUT2D eigenvalue weighted by Crippen LogP contribution is -2.36. The van der Waals surface area contributed by atoms with Crippen molar-refractivity contribution >= 4 is 5.97 Å². The molecule has 1 aromatic carbocycles. The zero-order valence-corrected chi connectivity index (χ0v) is 9.98.